The Labute approximate surface area is 152 Å². The van der Waals surface area contributed by atoms with E-state index in [4.69, 9.17) is 0 Å². The van der Waals surface area contributed by atoms with Crippen LogP contribution >= 0.6 is 0 Å². The predicted molar refractivity (Wildman–Crippen MR) is 91.2 cm³/mol. The summed E-state index contributed by atoms with van der Waals surface area (Å²) in [6, 6.07) is -0.531. The highest BCUT2D eigenvalue weighted by Gasteiger charge is 2.51. The number of rotatable bonds is 4. The Kier molecular flexibility index (Phi) is 5.33. The summed E-state index contributed by atoms with van der Waals surface area (Å²) in [7, 11) is 1.32. The lowest BCUT2D eigenvalue weighted by Gasteiger charge is -2.30. The van der Waals surface area contributed by atoms with E-state index < -0.39 is 17.7 Å². The van der Waals surface area contributed by atoms with Gasteiger partial charge in [0.2, 0.25) is 5.91 Å². The molecule has 0 aromatic carbocycles. The van der Waals surface area contributed by atoms with Gasteiger partial charge in [0.25, 0.3) is 5.91 Å². The molecular formula is C17H26N4O5. The first kappa shape index (κ1) is 18.5. The molecule has 0 bridgehead atoms. The van der Waals surface area contributed by atoms with E-state index in [0.29, 0.717) is 32.4 Å². The van der Waals surface area contributed by atoms with Crippen molar-refractivity contribution in [3.63, 3.8) is 0 Å². The summed E-state index contributed by atoms with van der Waals surface area (Å²) in [6.45, 7) is 1.02. The molecule has 2 heterocycles. The van der Waals surface area contributed by atoms with E-state index in [0.717, 1.165) is 19.3 Å². The van der Waals surface area contributed by atoms with Crippen molar-refractivity contribution in [2.75, 3.05) is 26.7 Å². The van der Waals surface area contributed by atoms with Gasteiger partial charge in [-0.3, -0.25) is 14.5 Å². The third-order valence-electron chi connectivity index (χ3n) is 5.50. The van der Waals surface area contributed by atoms with Gasteiger partial charge in [0, 0.05) is 32.1 Å². The van der Waals surface area contributed by atoms with Crippen LogP contribution < -0.4 is 10.6 Å². The molecule has 1 atom stereocenters. The number of methoxy groups -OCH3 is 1. The molecule has 2 aliphatic heterocycles. The Morgan fingerprint density at radius 2 is 2.00 bits per heavy atom. The first-order valence-corrected chi connectivity index (χ1v) is 9.21. The second kappa shape index (κ2) is 7.51. The average molecular weight is 366 g/mol. The monoisotopic (exact) mass is 366 g/mol. The quantitative estimate of drug-likeness (QED) is 0.708. The first-order valence-electron chi connectivity index (χ1n) is 9.21. The summed E-state index contributed by atoms with van der Waals surface area (Å²) in [5, 5.41) is 5.69. The number of carbonyl (C=O) groups excluding carboxylic acids is 4. The zero-order chi connectivity index (χ0) is 18.7. The van der Waals surface area contributed by atoms with Gasteiger partial charge in [-0.15, -0.1) is 0 Å². The highest BCUT2D eigenvalue weighted by atomic mass is 16.5. The Balaban J connectivity index is 1.47. The second-order valence-corrected chi connectivity index (χ2v) is 7.25. The molecule has 1 unspecified atom stereocenters. The topological polar surface area (TPSA) is 108 Å². The minimum atomic E-state index is -0.752. The lowest BCUT2D eigenvalue weighted by Crippen LogP contribution is -2.48. The number of nitrogens with zero attached hydrogens (tertiary/aromatic N) is 2. The Bertz CT molecular complexity index is 602. The third-order valence-corrected chi connectivity index (χ3v) is 5.50. The average Bonchev–Trinajstić information content (AvgIpc) is 3.17. The molecule has 2 N–H and O–H groups in total. The van der Waals surface area contributed by atoms with Gasteiger partial charge in [0.1, 0.15) is 5.54 Å². The van der Waals surface area contributed by atoms with Crippen LogP contribution in [0.15, 0.2) is 0 Å². The Morgan fingerprint density at radius 1 is 1.27 bits per heavy atom. The first-order chi connectivity index (χ1) is 12.4. The maximum atomic E-state index is 12.7. The van der Waals surface area contributed by atoms with Gasteiger partial charge >= 0.3 is 12.1 Å². The highest BCUT2D eigenvalue weighted by Crippen LogP contribution is 2.33. The van der Waals surface area contributed by atoms with Crippen molar-refractivity contribution in [2.24, 2.45) is 0 Å². The van der Waals surface area contributed by atoms with E-state index in [1.807, 2.05) is 0 Å². The summed E-state index contributed by atoms with van der Waals surface area (Å²) in [4.78, 5) is 51.2. The molecular weight excluding hydrogens is 340 g/mol. The normalized spacial score (nSPS) is 24.7. The second-order valence-electron chi connectivity index (χ2n) is 7.25. The molecule has 9 nitrogen and oxygen atoms in total. The number of amides is 5. The molecule has 1 aliphatic carbocycles. The van der Waals surface area contributed by atoms with Crippen LogP contribution in [0.2, 0.25) is 0 Å². The van der Waals surface area contributed by atoms with E-state index in [9.17, 15) is 19.2 Å². The zero-order valence-corrected chi connectivity index (χ0v) is 15.1. The van der Waals surface area contributed by atoms with E-state index in [1.165, 1.54) is 16.9 Å². The maximum absolute atomic E-state index is 12.7. The number of hydrogen-bond acceptors (Lipinski definition) is 5. The lowest BCUT2D eigenvalue weighted by atomic mass is 9.82. The Morgan fingerprint density at radius 3 is 2.69 bits per heavy atom. The molecule has 26 heavy (non-hydrogen) atoms. The molecule has 1 spiro atoms. The number of urea groups is 1. The van der Waals surface area contributed by atoms with Crippen molar-refractivity contribution in [1.29, 1.82) is 0 Å². The van der Waals surface area contributed by atoms with Crippen molar-refractivity contribution < 1.29 is 23.9 Å². The van der Waals surface area contributed by atoms with Gasteiger partial charge in [-0.25, -0.2) is 9.59 Å². The van der Waals surface area contributed by atoms with Crippen molar-refractivity contribution in [1.82, 2.24) is 20.4 Å². The molecule has 2 saturated heterocycles. The van der Waals surface area contributed by atoms with E-state index >= 15 is 0 Å². The fourth-order valence-corrected chi connectivity index (χ4v) is 4.06. The smallest absolute Gasteiger partial charge is 0.409 e. The van der Waals surface area contributed by atoms with Gasteiger partial charge in [-0.05, 0) is 19.3 Å². The Hall–Kier alpha value is -2.32. The number of imide groups is 1. The van der Waals surface area contributed by atoms with Crippen LogP contribution in [0.3, 0.4) is 0 Å². The number of nitrogens with one attached hydrogen (secondary N) is 2. The van der Waals surface area contributed by atoms with Crippen LogP contribution in [0.1, 0.15) is 44.9 Å². The fraction of sp³-hybridized carbons (Fsp3) is 0.765. The van der Waals surface area contributed by atoms with Crippen molar-refractivity contribution in [3.05, 3.63) is 0 Å². The largest absolute Gasteiger partial charge is 0.453 e. The van der Waals surface area contributed by atoms with Crippen molar-refractivity contribution in [2.45, 2.75) is 56.5 Å². The van der Waals surface area contributed by atoms with Crippen LogP contribution in [0.4, 0.5) is 9.59 Å². The molecule has 3 fully saturated rings. The van der Waals surface area contributed by atoms with Gasteiger partial charge in [0.15, 0.2) is 0 Å². The van der Waals surface area contributed by atoms with E-state index in [1.54, 1.807) is 0 Å². The van der Waals surface area contributed by atoms with Crippen LogP contribution in [0.25, 0.3) is 0 Å². The summed E-state index contributed by atoms with van der Waals surface area (Å²) in [5.74, 6) is -0.431. The summed E-state index contributed by atoms with van der Waals surface area (Å²) in [6.07, 6.45) is 4.60. The maximum Gasteiger partial charge on any atom is 0.409 e. The van der Waals surface area contributed by atoms with E-state index in [-0.39, 0.29) is 30.8 Å². The van der Waals surface area contributed by atoms with Crippen LogP contribution in [0, 0.1) is 0 Å². The molecule has 0 aromatic rings. The molecule has 3 aliphatic rings. The summed E-state index contributed by atoms with van der Waals surface area (Å²) in [5.41, 5.74) is -0.752. The highest BCUT2D eigenvalue weighted by molar-refractivity contribution is 6.07. The van der Waals surface area contributed by atoms with Crippen LogP contribution in [-0.2, 0) is 14.3 Å². The zero-order valence-electron chi connectivity index (χ0n) is 15.1. The van der Waals surface area contributed by atoms with E-state index in [2.05, 4.69) is 15.4 Å². The molecule has 3 rings (SSSR count). The third kappa shape index (κ3) is 3.61. The van der Waals surface area contributed by atoms with Crippen molar-refractivity contribution >= 4 is 23.9 Å². The molecule has 144 valence electrons. The SMILES string of the molecule is COC(=O)N1CCC(NC(=O)CCN2C(=O)NC3(CCCCC3)C2=O)C1. The number of carbonyl (C=O) groups is 4. The van der Waals surface area contributed by atoms with Crippen molar-refractivity contribution in [3.8, 4) is 0 Å². The molecule has 9 heteroatoms. The predicted octanol–water partition coefficient (Wildman–Crippen LogP) is 0.588. The number of ether oxygens (including phenoxy) is 1. The standard InChI is InChI=1S/C17H26N4O5/c1-26-16(25)20-9-5-12(11-20)18-13(22)6-10-21-14(23)17(19-15(21)24)7-3-2-4-8-17/h12H,2-11H2,1H3,(H,18,22)(H,19,24). The summed E-state index contributed by atoms with van der Waals surface area (Å²) >= 11 is 0. The van der Waals surface area contributed by atoms with Gasteiger partial charge < -0.3 is 20.3 Å². The summed E-state index contributed by atoms with van der Waals surface area (Å²) < 4.78 is 4.67. The molecule has 0 aromatic heterocycles. The molecule has 5 amide bonds. The van der Waals surface area contributed by atoms with Gasteiger partial charge in [-0.2, -0.15) is 0 Å². The minimum absolute atomic E-state index is 0.0595. The van der Waals surface area contributed by atoms with Crippen LogP contribution in [-0.4, -0.2) is 72.1 Å². The van der Waals surface area contributed by atoms with Gasteiger partial charge in [0.05, 0.1) is 7.11 Å². The van der Waals surface area contributed by atoms with Crippen LogP contribution in [0.5, 0.6) is 0 Å². The molecule has 1 saturated carbocycles. The number of hydrogen-bond donors (Lipinski definition) is 2. The lowest BCUT2D eigenvalue weighted by molar-refractivity contribution is -0.132. The molecule has 0 radical (unpaired) electrons. The number of likely N-dealkylation sites (tertiary alicyclic amines) is 1. The minimum Gasteiger partial charge on any atom is -0.453 e. The fourth-order valence-electron chi connectivity index (χ4n) is 4.06. The van der Waals surface area contributed by atoms with Gasteiger partial charge in [-0.1, -0.05) is 19.3 Å².